The molecule has 2 rings (SSSR count). The third-order valence-corrected chi connectivity index (χ3v) is 2.77. The minimum Gasteiger partial charge on any atom is -0.369 e. The Morgan fingerprint density at radius 3 is 3.07 bits per heavy atom. The van der Waals surface area contributed by atoms with Gasteiger partial charge in [-0.1, -0.05) is 13.0 Å². The van der Waals surface area contributed by atoms with E-state index < -0.39 is 0 Å². The Bertz CT molecular complexity index is 335. The van der Waals surface area contributed by atoms with Crippen molar-refractivity contribution in [1.29, 1.82) is 0 Å². The van der Waals surface area contributed by atoms with Gasteiger partial charge in [0.2, 0.25) is 0 Å². The van der Waals surface area contributed by atoms with Crippen LogP contribution in [0.1, 0.15) is 12.5 Å². The third-order valence-electron chi connectivity index (χ3n) is 2.77. The Hall–Kier alpha value is -1.09. The van der Waals surface area contributed by atoms with Crippen LogP contribution in [0.15, 0.2) is 18.3 Å². The van der Waals surface area contributed by atoms with E-state index in [0.29, 0.717) is 0 Å². The molecule has 0 aromatic carbocycles. The maximum Gasteiger partial charge on any atom is 0.129 e. The van der Waals surface area contributed by atoms with Crippen molar-refractivity contribution in [2.24, 2.45) is 0 Å². The topological polar surface area (TPSA) is 28.2 Å². The molecular formula is C11H17N3. The zero-order valence-corrected chi connectivity index (χ0v) is 9.04. The molecule has 1 unspecified atom stereocenters. The number of hydrogen-bond acceptors (Lipinski definition) is 3. The van der Waals surface area contributed by atoms with E-state index in [0.717, 1.165) is 18.9 Å². The second-order valence-electron chi connectivity index (χ2n) is 4.55. The van der Waals surface area contributed by atoms with Crippen LogP contribution < -0.4 is 5.32 Å². The highest BCUT2D eigenvalue weighted by Crippen LogP contribution is 2.34. The summed E-state index contributed by atoms with van der Waals surface area (Å²) in [4.78, 5) is 6.56. The lowest BCUT2D eigenvalue weighted by molar-refractivity contribution is 0.315. The van der Waals surface area contributed by atoms with Gasteiger partial charge in [0.05, 0.1) is 0 Å². The van der Waals surface area contributed by atoms with Gasteiger partial charge in [0.15, 0.2) is 0 Å². The summed E-state index contributed by atoms with van der Waals surface area (Å²) in [5.41, 5.74) is 1.54. The van der Waals surface area contributed by atoms with Gasteiger partial charge in [-0.2, -0.15) is 0 Å². The molecule has 1 aliphatic rings. The average molecular weight is 191 g/mol. The fourth-order valence-corrected chi connectivity index (χ4v) is 2.25. The molecule has 1 N–H and O–H groups in total. The fraction of sp³-hybridized carbons (Fsp3) is 0.545. The molecule has 0 bridgehead atoms. The van der Waals surface area contributed by atoms with Crippen molar-refractivity contribution in [1.82, 2.24) is 9.88 Å². The van der Waals surface area contributed by atoms with Crippen LogP contribution in [-0.4, -0.2) is 37.1 Å². The van der Waals surface area contributed by atoms with Crippen molar-refractivity contribution in [3.63, 3.8) is 0 Å². The second-order valence-corrected chi connectivity index (χ2v) is 4.55. The first-order valence-corrected chi connectivity index (χ1v) is 4.96. The number of pyridine rings is 1. The van der Waals surface area contributed by atoms with Gasteiger partial charge in [-0.3, -0.25) is 0 Å². The van der Waals surface area contributed by atoms with Gasteiger partial charge in [-0.15, -0.1) is 0 Å². The molecule has 0 amide bonds. The van der Waals surface area contributed by atoms with Gasteiger partial charge in [-0.05, 0) is 20.2 Å². The van der Waals surface area contributed by atoms with Gasteiger partial charge in [0.1, 0.15) is 5.82 Å². The summed E-state index contributed by atoms with van der Waals surface area (Å²) >= 11 is 0. The van der Waals surface area contributed by atoms with E-state index in [1.165, 1.54) is 5.56 Å². The zero-order chi connectivity index (χ0) is 10.2. The SMILES string of the molecule is CN(C)CC1(C)CNc2ncccc21. The van der Waals surface area contributed by atoms with Crippen molar-refractivity contribution in [3.05, 3.63) is 23.9 Å². The summed E-state index contributed by atoms with van der Waals surface area (Å²) in [7, 11) is 4.22. The molecule has 3 heteroatoms. The smallest absolute Gasteiger partial charge is 0.129 e. The predicted molar refractivity (Wildman–Crippen MR) is 58.6 cm³/mol. The summed E-state index contributed by atoms with van der Waals surface area (Å²) in [5, 5.41) is 3.36. The van der Waals surface area contributed by atoms with Crippen LogP contribution in [0.2, 0.25) is 0 Å². The van der Waals surface area contributed by atoms with Crippen molar-refractivity contribution in [2.75, 3.05) is 32.5 Å². The molecule has 0 radical (unpaired) electrons. The molecule has 0 saturated heterocycles. The first-order valence-electron chi connectivity index (χ1n) is 4.96. The molecule has 76 valence electrons. The van der Waals surface area contributed by atoms with E-state index in [2.05, 4.69) is 42.3 Å². The Labute approximate surface area is 85.1 Å². The highest BCUT2D eigenvalue weighted by atomic mass is 15.1. The highest BCUT2D eigenvalue weighted by molar-refractivity contribution is 5.54. The number of likely N-dealkylation sites (N-methyl/N-ethyl adjacent to an activating group) is 1. The van der Waals surface area contributed by atoms with Gasteiger partial charge in [0.25, 0.3) is 0 Å². The quantitative estimate of drug-likeness (QED) is 0.764. The lowest BCUT2D eigenvalue weighted by Gasteiger charge is -2.27. The molecule has 2 heterocycles. The van der Waals surface area contributed by atoms with E-state index in [1.807, 2.05) is 12.3 Å². The van der Waals surface area contributed by atoms with E-state index >= 15 is 0 Å². The minimum atomic E-state index is 0.201. The van der Waals surface area contributed by atoms with Crippen molar-refractivity contribution >= 4 is 5.82 Å². The summed E-state index contributed by atoms with van der Waals surface area (Å²) in [6.45, 7) is 4.32. The zero-order valence-electron chi connectivity index (χ0n) is 9.04. The van der Waals surface area contributed by atoms with Gasteiger partial charge in [0, 0.05) is 30.3 Å². The van der Waals surface area contributed by atoms with Crippen LogP contribution in [0.5, 0.6) is 0 Å². The number of rotatable bonds is 2. The molecule has 0 fully saturated rings. The summed E-state index contributed by atoms with van der Waals surface area (Å²) in [6, 6.07) is 4.19. The molecule has 1 aliphatic heterocycles. The number of aromatic nitrogens is 1. The van der Waals surface area contributed by atoms with Crippen LogP contribution >= 0.6 is 0 Å². The van der Waals surface area contributed by atoms with Crippen molar-refractivity contribution in [2.45, 2.75) is 12.3 Å². The molecule has 0 saturated carbocycles. The summed E-state index contributed by atoms with van der Waals surface area (Å²) in [6.07, 6.45) is 1.84. The second kappa shape index (κ2) is 3.24. The predicted octanol–water partition coefficient (Wildman–Crippen LogP) is 1.33. The number of fused-ring (bicyclic) bond motifs is 1. The Kier molecular flexibility index (Phi) is 2.19. The van der Waals surface area contributed by atoms with Crippen molar-refractivity contribution < 1.29 is 0 Å². The standard InChI is InChI=1S/C11H17N3/c1-11(8-14(2)3)7-13-10-9(11)5-4-6-12-10/h4-6H,7-8H2,1-3H3,(H,12,13). The lowest BCUT2D eigenvalue weighted by atomic mass is 9.85. The first-order chi connectivity index (χ1) is 6.62. The average Bonchev–Trinajstić information content (AvgIpc) is 2.44. The van der Waals surface area contributed by atoms with E-state index in [1.54, 1.807) is 0 Å². The van der Waals surface area contributed by atoms with E-state index in [4.69, 9.17) is 0 Å². The Morgan fingerprint density at radius 1 is 1.57 bits per heavy atom. The number of anilines is 1. The normalized spacial score (nSPS) is 24.9. The lowest BCUT2D eigenvalue weighted by Crippen LogP contribution is -2.36. The Morgan fingerprint density at radius 2 is 2.36 bits per heavy atom. The fourth-order valence-electron chi connectivity index (χ4n) is 2.25. The molecular weight excluding hydrogens is 174 g/mol. The molecule has 1 aromatic heterocycles. The van der Waals surface area contributed by atoms with Gasteiger partial charge in [-0.25, -0.2) is 4.98 Å². The summed E-state index contributed by atoms with van der Waals surface area (Å²) < 4.78 is 0. The van der Waals surface area contributed by atoms with Crippen LogP contribution in [-0.2, 0) is 5.41 Å². The number of nitrogens with zero attached hydrogens (tertiary/aromatic N) is 2. The van der Waals surface area contributed by atoms with E-state index in [9.17, 15) is 0 Å². The molecule has 1 aromatic rings. The van der Waals surface area contributed by atoms with Crippen LogP contribution in [0.25, 0.3) is 0 Å². The van der Waals surface area contributed by atoms with Crippen LogP contribution in [0.4, 0.5) is 5.82 Å². The van der Waals surface area contributed by atoms with Crippen LogP contribution in [0.3, 0.4) is 0 Å². The van der Waals surface area contributed by atoms with Gasteiger partial charge < -0.3 is 10.2 Å². The molecule has 1 atom stereocenters. The Balaban J connectivity index is 2.32. The molecule has 14 heavy (non-hydrogen) atoms. The number of nitrogens with one attached hydrogen (secondary N) is 1. The van der Waals surface area contributed by atoms with Gasteiger partial charge >= 0.3 is 0 Å². The maximum absolute atomic E-state index is 4.33. The van der Waals surface area contributed by atoms with Crippen molar-refractivity contribution in [3.8, 4) is 0 Å². The monoisotopic (exact) mass is 191 g/mol. The third kappa shape index (κ3) is 1.48. The highest BCUT2D eigenvalue weighted by Gasteiger charge is 2.35. The van der Waals surface area contributed by atoms with E-state index in [-0.39, 0.29) is 5.41 Å². The number of hydrogen-bond donors (Lipinski definition) is 1. The molecule has 0 aliphatic carbocycles. The summed E-state index contributed by atoms with van der Waals surface area (Å²) in [5.74, 6) is 1.05. The molecule has 3 nitrogen and oxygen atoms in total. The first kappa shape index (κ1) is 9.46. The maximum atomic E-state index is 4.33. The van der Waals surface area contributed by atoms with Crippen LogP contribution in [0, 0.1) is 0 Å². The minimum absolute atomic E-state index is 0.201. The largest absolute Gasteiger partial charge is 0.369 e. The molecule has 0 spiro atoms.